The lowest BCUT2D eigenvalue weighted by Crippen LogP contribution is -2.43. The van der Waals surface area contributed by atoms with E-state index in [1.165, 1.54) is 26.6 Å². The second-order valence-electron chi connectivity index (χ2n) is 26.1. The number of pyridine rings is 4. The highest BCUT2D eigenvalue weighted by Gasteiger charge is 2.27. The van der Waals surface area contributed by atoms with E-state index in [1.54, 1.807) is 136 Å². The van der Waals surface area contributed by atoms with E-state index in [9.17, 15) is 33.6 Å². The van der Waals surface area contributed by atoms with Crippen LogP contribution in [-0.4, -0.2) is 238 Å². The Morgan fingerprint density at radius 3 is 1.19 bits per heavy atom. The predicted molar refractivity (Wildman–Crippen MR) is 439 cm³/mol. The van der Waals surface area contributed by atoms with Crippen LogP contribution in [0.15, 0.2) is 183 Å². The number of Topliss-reactive ketones (excluding diaryl/α,β-unsaturated/α-hetero) is 1. The zero-order valence-electron chi connectivity index (χ0n) is 65.4. The van der Waals surface area contributed by atoms with Gasteiger partial charge in [-0.25, -0.2) is 9.78 Å². The van der Waals surface area contributed by atoms with Crippen molar-refractivity contribution in [1.29, 1.82) is 0 Å². The summed E-state index contributed by atoms with van der Waals surface area (Å²) in [4.78, 5) is 120. The number of nitrogens with one attached hydrogen (secondary N) is 12. The third-order valence-corrected chi connectivity index (χ3v) is 18.1. The van der Waals surface area contributed by atoms with Gasteiger partial charge in [-0.2, -0.15) is 0 Å². The number of hydrogen-bond donors (Lipinski definition) is 12. The van der Waals surface area contributed by atoms with Crippen molar-refractivity contribution in [2.75, 3.05) is 188 Å². The molecule has 0 unspecified atom stereocenters. The number of hydrogen-bond acceptors (Lipinski definition) is 37. The van der Waals surface area contributed by atoms with E-state index in [2.05, 4.69) is 154 Å². The van der Waals surface area contributed by atoms with E-state index in [0.717, 1.165) is 133 Å². The van der Waals surface area contributed by atoms with Crippen molar-refractivity contribution in [1.82, 2.24) is 92.0 Å². The molecule has 4 aliphatic rings. The molecule has 0 atom stereocenters. The first-order chi connectivity index (χ1) is 59.2. The zero-order chi connectivity index (χ0) is 84.1. The smallest absolute Gasteiger partial charge is 0.327 e. The first kappa shape index (κ1) is 83.4. The molecule has 0 radical (unpaired) electrons. The summed E-state index contributed by atoms with van der Waals surface area (Å²) in [5.74, 6) is -2.22. The topological polar surface area (TPSA) is 538 Å². The number of ketones is 1. The minimum Gasteiger partial charge on any atom is -0.497 e. The SMILES string of the molecule is COc1cccc(C(=O)Nc2nnc(C(=O)Nc3cnccc3N3CCNCC3)o2)c1.COc1cccc(CC(=O)c2nnc(C(=O)Nc3cnccc3N3CCNCC3)o2)c1.COc1cccc(NC(=O)Nc2nnc(C(=O)Nc3cnccc3N3CCNCC3)o2)c1.O=C(Nc1cnccc1N1CCNCC1)c1nnc(Nc2cnccn2)o1. The molecule has 44 nitrogen and oxygen atoms in total. The number of methoxy groups -OCH3 is 3. The maximum atomic E-state index is 12.6. The van der Waals surface area contributed by atoms with Crippen LogP contribution in [0.2, 0.25) is 0 Å². The number of benzene rings is 3. The maximum absolute atomic E-state index is 12.6. The first-order valence-electron chi connectivity index (χ1n) is 37.7. The zero-order valence-corrected chi connectivity index (χ0v) is 65.4. The van der Waals surface area contributed by atoms with Crippen LogP contribution in [0.1, 0.15) is 69.3 Å². The molecule has 9 aromatic heterocycles. The number of anilines is 13. The van der Waals surface area contributed by atoms with Gasteiger partial charge in [-0.15, -0.1) is 25.5 Å². The third-order valence-electron chi connectivity index (χ3n) is 18.1. The molecular formula is C77H82N30O14. The molecule has 13 heterocycles. The molecule has 7 amide bonds. The quantitative estimate of drug-likeness (QED) is 0.0337. The lowest BCUT2D eigenvalue weighted by atomic mass is 10.1. The highest BCUT2D eigenvalue weighted by atomic mass is 16.5. The normalized spacial score (nSPS) is 13.6. The summed E-state index contributed by atoms with van der Waals surface area (Å²) in [5.41, 5.74) is 7.26. The number of carbonyl (C=O) groups excluding carboxylic acids is 7. The van der Waals surface area contributed by atoms with Crippen LogP contribution in [0.5, 0.6) is 17.2 Å². The van der Waals surface area contributed by atoms with Gasteiger partial charge in [0, 0.05) is 166 Å². The molecule has 4 fully saturated rings. The van der Waals surface area contributed by atoms with Gasteiger partial charge in [0.2, 0.25) is 5.78 Å². The largest absolute Gasteiger partial charge is 0.497 e. The minimum atomic E-state index is -0.609. The van der Waals surface area contributed by atoms with Crippen molar-refractivity contribution in [2.24, 2.45) is 0 Å². The molecule has 4 saturated heterocycles. The molecule has 0 aliphatic carbocycles. The number of nitrogens with zero attached hydrogens (tertiary/aromatic N) is 18. The average Bonchev–Trinajstić information content (AvgIpc) is 1.82. The van der Waals surface area contributed by atoms with Crippen molar-refractivity contribution >= 4 is 116 Å². The van der Waals surface area contributed by atoms with Crippen LogP contribution >= 0.6 is 0 Å². The second kappa shape index (κ2) is 41.8. The molecule has 0 spiro atoms. The second-order valence-corrected chi connectivity index (χ2v) is 26.1. The van der Waals surface area contributed by atoms with Gasteiger partial charge >= 0.3 is 71.3 Å². The number of amides is 7. The maximum Gasteiger partial charge on any atom is 0.327 e. The number of urea groups is 1. The number of carbonyl (C=O) groups is 7. The highest BCUT2D eigenvalue weighted by molar-refractivity contribution is 6.07. The monoisotopic (exact) mass is 1650 g/mol. The van der Waals surface area contributed by atoms with E-state index in [4.69, 9.17) is 31.9 Å². The molecule has 16 rings (SSSR count). The van der Waals surface area contributed by atoms with Gasteiger partial charge in [0.15, 0.2) is 5.82 Å². The van der Waals surface area contributed by atoms with Crippen LogP contribution in [0.4, 0.5) is 79.8 Å². The number of aromatic nitrogens is 14. The Kier molecular flexibility index (Phi) is 28.8. The van der Waals surface area contributed by atoms with Crippen molar-refractivity contribution in [3.05, 3.63) is 206 Å². The van der Waals surface area contributed by atoms with Crippen molar-refractivity contribution in [3.63, 3.8) is 0 Å². The van der Waals surface area contributed by atoms with Crippen LogP contribution < -0.4 is 97.6 Å². The van der Waals surface area contributed by atoms with Crippen LogP contribution in [0, 0.1) is 0 Å². The van der Waals surface area contributed by atoms with E-state index >= 15 is 0 Å². The Labute approximate surface area is 688 Å². The summed E-state index contributed by atoms with van der Waals surface area (Å²) in [6.45, 7) is 13.5. The van der Waals surface area contributed by atoms with E-state index in [1.807, 2.05) is 24.3 Å². The first-order valence-corrected chi connectivity index (χ1v) is 37.7. The molecule has 0 saturated carbocycles. The molecular weight excluding hydrogens is 1570 g/mol. The Morgan fingerprint density at radius 1 is 0.364 bits per heavy atom. The lowest BCUT2D eigenvalue weighted by molar-refractivity contribution is 0.0943. The van der Waals surface area contributed by atoms with Gasteiger partial charge in [-0.3, -0.25) is 69.6 Å². The van der Waals surface area contributed by atoms with Gasteiger partial charge in [-0.1, -0.05) is 39.6 Å². The minimum absolute atomic E-state index is 0.0502. The van der Waals surface area contributed by atoms with Gasteiger partial charge < -0.3 is 99.3 Å². The molecule has 3 aromatic carbocycles. The number of ether oxygens (including phenoxy) is 3. The Bertz CT molecular complexity index is 5500. The Hall–Kier alpha value is -15.6. The van der Waals surface area contributed by atoms with Crippen LogP contribution in [0.25, 0.3) is 0 Å². The summed E-state index contributed by atoms with van der Waals surface area (Å²) in [6, 6.07) is 27.0. The molecule has 12 N–H and O–H groups in total. The van der Waals surface area contributed by atoms with E-state index < -0.39 is 35.6 Å². The summed E-state index contributed by atoms with van der Waals surface area (Å²) >= 11 is 0. The highest BCUT2D eigenvalue weighted by Crippen LogP contribution is 2.31. The fraction of sp³-hybridized carbons (Fsp3) is 0.260. The van der Waals surface area contributed by atoms with Gasteiger partial charge in [-0.05, 0) is 72.3 Å². The number of rotatable bonds is 24. The van der Waals surface area contributed by atoms with E-state index in [0.29, 0.717) is 57.1 Å². The van der Waals surface area contributed by atoms with Crippen LogP contribution in [-0.2, 0) is 6.42 Å². The third kappa shape index (κ3) is 23.4. The van der Waals surface area contributed by atoms with E-state index in [-0.39, 0.29) is 59.7 Å². The molecule has 44 heteroatoms. The molecule has 121 heavy (non-hydrogen) atoms. The lowest BCUT2D eigenvalue weighted by Gasteiger charge is -2.30. The van der Waals surface area contributed by atoms with Crippen molar-refractivity contribution in [3.8, 4) is 17.2 Å². The van der Waals surface area contributed by atoms with Crippen molar-refractivity contribution in [2.45, 2.75) is 6.42 Å². The molecule has 0 bridgehead atoms. The van der Waals surface area contributed by atoms with Gasteiger partial charge in [0.25, 0.3) is 11.8 Å². The molecule has 4 aliphatic heterocycles. The Balaban J connectivity index is 0.000000139. The summed E-state index contributed by atoms with van der Waals surface area (Å²) < 4.78 is 36.7. The molecule has 12 aromatic rings. The van der Waals surface area contributed by atoms with Gasteiger partial charge in [0.05, 0.1) is 97.8 Å². The van der Waals surface area contributed by atoms with Crippen molar-refractivity contribution < 1.29 is 65.4 Å². The summed E-state index contributed by atoms with van der Waals surface area (Å²) in [5, 5.41) is 64.3. The standard InChI is InChI=1S/C21H22N6O4.C20H22N8O4.C20H21N7O4.C16H17N9O2/c1-30-15-4-2-3-14(11-15)12-18(28)20-25-26-21(31-20)19(29)24-16-13-23-6-5-17(16)27-9-7-22-8-10-27;1-31-14-4-2-3-13(11-14)23-19(30)25-20-27-26-18(32-20)17(29)24-15-12-22-6-5-16(15)28-9-7-21-8-10-28;1-30-14-4-2-3-13(11-14)17(28)24-20-26-25-19(31-20)18(29)23-15-12-22-6-5-16(15)27-9-7-21-8-10-27;26-14(15-23-24-16(27-15)22-13-10-19-3-4-20-13)21-11-9-18-2-1-12(11)25-7-5-17-6-8-25/h2-6,11,13,22H,7-10,12H2,1H3,(H,24,29);2-6,11-12,21H,7-10H2,1H3,(H,24,29)(H2,23,25,27,30);2-6,11-12,21H,7-10H2,1H3,(H,23,29)(H,24,26,28);1-4,9-10,17H,5-8H2,(H,21,26)(H,20,22,24). The Morgan fingerprint density at radius 2 is 0.744 bits per heavy atom. The summed E-state index contributed by atoms with van der Waals surface area (Å²) in [7, 11) is 4.60. The summed E-state index contributed by atoms with van der Waals surface area (Å²) in [6.07, 6.45) is 17.6. The number of piperazine rings is 4. The van der Waals surface area contributed by atoms with Crippen LogP contribution in [0.3, 0.4) is 0 Å². The fourth-order valence-corrected chi connectivity index (χ4v) is 12.3. The predicted octanol–water partition coefficient (Wildman–Crippen LogP) is 5.39. The fourth-order valence-electron chi connectivity index (χ4n) is 12.3. The average molecular weight is 1650 g/mol. The molecule has 624 valence electrons. The van der Waals surface area contributed by atoms with Gasteiger partial charge in [0.1, 0.15) is 17.2 Å².